The van der Waals surface area contributed by atoms with E-state index in [1.165, 1.54) is 15.3 Å². The number of carbonyl (C=O) groups is 1. The lowest BCUT2D eigenvalue weighted by atomic mass is 10.1. The Hall–Kier alpha value is -3.60. The van der Waals surface area contributed by atoms with Crippen molar-refractivity contribution in [3.8, 4) is 11.3 Å². The van der Waals surface area contributed by atoms with Gasteiger partial charge in [0.2, 0.25) is 0 Å². The molecule has 2 saturated carbocycles. The molecule has 4 aromatic heterocycles. The SMILES string of the molecule is CNc1cc(-c2cn([C@@H]3CC3(F)F)c3ncccc23)nc2c(C(=O)N[C@@H]3CCC[C@@H]3O)cnn12. The molecule has 2 aliphatic rings. The predicted molar refractivity (Wildman–Crippen MR) is 121 cm³/mol. The third-order valence-corrected chi connectivity index (χ3v) is 6.76. The topological polar surface area (TPSA) is 109 Å². The zero-order valence-electron chi connectivity index (χ0n) is 18.4. The van der Waals surface area contributed by atoms with E-state index in [0.29, 0.717) is 46.6 Å². The van der Waals surface area contributed by atoms with Crippen molar-refractivity contribution in [1.82, 2.24) is 29.5 Å². The second-order valence-electron chi connectivity index (χ2n) is 8.95. The number of aromatic nitrogens is 5. The third-order valence-electron chi connectivity index (χ3n) is 6.76. The van der Waals surface area contributed by atoms with E-state index < -0.39 is 18.1 Å². The lowest BCUT2D eigenvalue weighted by Crippen LogP contribution is -2.39. The largest absolute Gasteiger partial charge is 0.391 e. The van der Waals surface area contributed by atoms with Gasteiger partial charge in [-0.15, -0.1) is 0 Å². The molecule has 0 bridgehead atoms. The van der Waals surface area contributed by atoms with Crippen LogP contribution in [0.1, 0.15) is 42.1 Å². The zero-order chi connectivity index (χ0) is 23.6. The Morgan fingerprint density at radius 1 is 1.29 bits per heavy atom. The highest BCUT2D eigenvalue weighted by atomic mass is 19.3. The maximum atomic E-state index is 13.9. The molecule has 0 radical (unpaired) electrons. The summed E-state index contributed by atoms with van der Waals surface area (Å²) in [5.74, 6) is -2.54. The van der Waals surface area contributed by atoms with E-state index in [1.54, 1.807) is 31.6 Å². The predicted octanol–water partition coefficient (Wildman–Crippen LogP) is 3.01. The van der Waals surface area contributed by atoms with Gasteiger partial charge in [-0.3, -0.25) is 4.79 Å². The Morgan fingerprint density at radius 3 is 2.82 bits per heavy atom. The first kappa shape index (κ1) is 21.0. The molecule has 4 aromatic rings. The fourth-order valence-corrected chi connectivity index (χ4v) is 4.82. The Bertz CT molecular complexity index is 1430. The van der Waals surface area contributed by atoms with Crippen molar-refractivity contribution in [2.45, 2.75) is 49.8 Å². The number of nitrogens with one attached hydrogen (secondary N) is 2. The van der Waals surface area contributed by atoms with Crippen LogP contribution in [-0.2, 0) is 0 Å². The van der Waals surface area contributed by atoms with Crippen molar-refractivity contribution in [1.29, 1.82) is 0 Å². The number of hydrogen-bond donors (Lipinski definition) is 3. The molecule has 0 spiro atoms. The van der Waals surface area contributed by atoms with Crippen LogP contribution in [0.3, 0.4) is 0 Å². The highest BCUT2D eigenvalue weighted by Gasteiger charge is 2.58. The molecule has 6 rings (SSSR count). The van der Waals surface area contributed by atoms with Crippen LogP contribution in [0.5, 0.6) is 0 Å². The molecule has 2 aliphatic carbocycles. The quantitative estimate of drug-likeness (QED) is 0.416. The highest BCUT2D eigenvalue weighted by Crippen LogP contribution is 2.54. The van der Waals surface area contributed by atoms with E-state index in [2.05, 4.69) is 20.7 Å². The van der Waals surface area contributed by atoms with Crippen LogP contribution in [0.25, 0.3) is 27.9 Å². The lowest BCUT2D eigenvalue weighted by molar-refractivity contribution is 0.0874. The van der Waals surface area contributed by atoms with Gasteiger partial charge < -0.3 is 20.3 Å². The van der Waals surface area contributed by atoms with Crippen LogP contribution in [0.4, 0.5) is 14.6 Å². The van der Waals surface area contributed by atoms with Crippen molar-refractivity contribution in [2.24, 2.45) is 0 Å². The van der Waals surface area contributed by atoms with E-state index in [0.717, 1.165) is 6.42 Å². The average Bonchev–Trinajstić information content (AvgIpc) is 3.22. The first-order valence-corrected chi connectivity index (χ1v) is 11.3. The summed E-state index contributed by atoms with van der Waals surface area (Å²) in [6, 6.07) is 4.10. The molecule has 176 valence electrons. The molecule has 0 saturated heterocycles. The second-order valence-corrected chi connectivity index (χ2v) is 8.95. The number of anilines is 1. The molecular weight excluding hydrogens is 444 g/mol. The van der Waals surface area contributed by atoms with Crippen LogP contribution in [-0.4, -0.2) is 60.3 Å². The van der Waals surface area contributed by atoms with Crippen LogP contribution in [0.2, 0.25) is 0 Å². The lowest BCUT2D eigenvalue weighted by Gasteiger charge is -2.15. The summed E-state index contributed by atoms with van der Waals surface area (Å²) >= 11 is 0. The molecular formula is C23H23F2N7O2. The number of fused-ring (bicyclic) bond motifs is 2. The molecule has 3 N–H and O–H groups in total. The highest BCUT2D eigenvalue weighted by molar-refractivity contribution is 6.01. The number of rotatable bonds is 5. The van der Waals surface area contributed by atoms with E-state index in [4.69, 9.17) is 4.98 Å². The summed E-state index contributed by atoms with van der Waals surface area (Å²) in [5, 5.41) is 21.1. The number of aliphatic hydroxyl groups is 1. The molecule has 2 fully saturated rings. The molecule has 0 aromatic carbocycles. The van der Waals surface area contributed by atoms with Gasteiger partial charge in [-0.1, -0.05) is 0 Å². The fourth-order valence-electron chi connectivity index (χ4n) is 4.82. The molecule has 34 heavy (non-hydrogen) atoms. The van der Waals surface area contributed by atoms with Gasteiger partial charge in [0.25, 0.3) is 11.8 Å². The van der Waals surface area contributed by atoms with Gasteiger partial charge in [-0.2, -0.15) is 9.61 Å². The molecule has 1 amide bonds. The van der Waals surface area contributed by atoms with Crippen molar-refractivity contribution in [3.05, 3.63) is 42.4 Å². The smallest absolute Gasteiger partial charge is 0.270 e. The van der Waals surface area contributed by atoms with E-state index in [9.17, 15) is 18.7 Å². The van der Waals surface area contributed by atoms with Gasteiger partial charge in [0.05, 0.1) is 24.0 Å². The average molecular weight is 467 g/mol. The first-order valence-electron chi connectivity index (χ1n) is 11.3. The fraction of sp³-hybridized carbons (Fsp3) is 0.391. The maximum absolute atomic E-state index is 13.9. The van der Waals surface area contributed by atoms with Crippen LogP contribution < -0.4 is 10.6 Å². The monoisotopic (exact) mass is 467 g/mol. The number of amides is 1. The van der Waals surface area contributed by atoms with Crippen molar-refractivity contribution < 1.29 is 18.7 Å². The van der Waals surface area contributed by atoms with Crippen molar-refractivity contribution in [2.75, 3.05) is 12.4 Å². The maximum Gasteiger partial charge on any atom is 0.270 e. The Labute approximate surface area is 192 Å². The Morgan fingerprint density at radius 2 is 2.12 bits per heavy atom. The van der Waals surface area contributed by atoms with E-state index in [1.807, 2.05) is 6.07 Å². The van der Waals surface area contributed by atoms with Crippen molar-refractivity contribution in [3.63, 3.8) is 0 Å². The van der Waals surface area contributed by atoms with Gasteiger partial charge in [0, 0.05) is 42.9 Å². The summed E-state index contributed by atoms with van der Waals surface area (Å²) in [6.07, 6.45) is 6.12. The minimum atomic E-state index is -2.75. The molecule has 11 heteroatoms. The normalized spacial score (nSPS) is 23.5. The number of halogens is 2. The number of alkyl halides is 2. The van der Waals surface area contributed by atoms with Crippen molar-refractivity contribution >= 4 is 28.4 Å². The minimum absolute atomic E-state index is 0.221. The number of aliphatic hydroxyl groups excluding tert-OH is 1. The molecule has 0 unspecified atom stereocenters. The van der Waals surface area contributed by atoms with E-state index in [-0.39, 0.29) is 23.9 Å². The summed E-state index contributed by atoms with van der Waals surface area (Å²) in [4.78, 5) is 22.1. The number of nitrogens with zero attached hydrogens (tertiary/aromatic N) is 5. The minimum Gasteiger partial charge on any atom is -0.391 e. The number of pyridine rings is 1. The number of carbonyl (C=O) groups excluding carboxylic acids is 1. The van der Waals surface area contributed by atoms with Crippen LogP contribution >= 0.6 is 0 Å². The molecule has 9 nitrogen and oxygen atoms in total. The van der Waals surface area contributed by atoms with Gasteiger partial charge in [0.1, 0.15) is 23.1 Å². The third kappa shape index (κ3) is 3.22. The molecule has 0 aliphatic heterocycles. The summed E-state index contributed by atoms with van der Waals surface area (Å²) in [6.45, 7) is 0. The second kappa shape index (κ2) is 7.45. The standard InChI is InChI=1S/C23H23F2N7O2/c1-26-19-8-16(14-11-31(18-9-23(18,24)25)20-12(14)4-3-7-27-20)29-21-13(10-28-32(19)21)22(34)30-15-5-2-6-17(15)33/h3-4,7-8,10-11,15,17-18,26,33H,2,5-6,9H2,1H3,(H,30,34)/t15-,17+,18-/m1/s1. The van der Waals surface area contributed by atoms with Gasteiger partial charge in [-0.05, 0) is 31.4 Å². The van der Waals surface area contributed by atoms with Gasteiger partial charge in [0.15, 0.2) is 5.65 Å². The zero-order valence-corrected chi connectivity index (χ0v) is 18.4. The number of hydrogen-bond acceptors (Lipinski definition) is 6. The Balaban J connectivity index is 1.47. The first-order chi connectivity index (χ1) is 16.4. The van der Waals surface area contributed by atoms with E-state index >= 15 is 0 Å². The summed E-state index contributed by atoms with van der Waals surface area (Å²) in [5.41, 5.74) is 2.21. The summed E-state index contributed by atoms with van der Waals surface area (Å²) < 4.78 is 30.8. The Kier molecular flexibility index (Phi) is 4.60. The van der Waals surface area contributed by atoms with Crippen LogP contribution in [0, 0.1) is 0 Å². The van der Waals surface area contributed by atoms with Gasteiger partial charge in [-0.25, -0.2) is 18.7 Å². The molecule has 3 atom stereocenters. The van der Waals surface area contributed by atoms with Crippen LogP contribution in [0.15, 0.2) is 36.8 Å². The van der Waals surface area contributed by atoms with Gasteiger partial charge >= 0.3 is 0 Å². The summed E-state index contributed by atoms with van der Waals surface area (Å²) in [7, 11) is 1.73. The molecule has 4 heterocycles.